The van der Waals surface area contributed by atoms with E-state index in [1.807, 2.05) is 20.8 Å². The Morgan fingerprint density at radius 2 is 1.58 bits per heavy atom. The molecule has 4 rings (SSSR count). The lowest BCUT2D eigenvalue weighted by Crippen LogP contribution is -2.57. The number of carbonyl (C=O) groups is 3. The molecule has 0 aromatic rings. The largest absolute Gasteiger partial charge is 0.462 e. The second kappa shape index (κ2) is 7.59. The number of ether oxygens (including phenoxy) is 2. The van der Waals surface area contributed by atoms with Gasteiger partial charge in [-0.2, -0.15) is 0 Å². The number of ketones is 1. The lowest BCUT2D eigenvalue weighted by atomic mass is 9.45. The Balaban J connectivity index is 1.52. The minimum atomic E-state index is -0.517. The van der Waals surface area contributed by atoms with Crippen LogP contribution in [0.5, 0.6) is 0 Å². The lowest BCUT2D eigenvalue weighted by Gasteiger charge is -2.60. The zero-order chi connectivity index (χ0) is 22.8. The molecule has 0 heterocycles. The summed E-state index contributed by atoms with van der Waals surface area (Å²) in [7, 11) is 0. The maximum absolute atomic E-state index is 13.4. The molecule has 174 valence electrons. The lowest BCUT2D eigenvalue weighted by molar-refractivity contribution is -0.178. The fourth-order valence-electron chi connectivity index (χ4n) is 7.79. The maximum Gasteiger partial charge on any atom is 0.311 e. The van der Waals surface area contributed by atoms with Crippen LogP contribution in [0.2, 0.25) is 0 Å². The van der Waals surface area contributed by atoms with Gasteiger partial charge >= 0.3 is 11.9 Å². The predicted octanol–water partition coefficient (Wildman–Crippen LogP) is 5.10. The van der Waals surface area contributed by atoms with Gasteiger partial charge in [0.2, 0.25) is 0 Å². The van der Waals surface area contributed by atoms with Gasteiger partial charge in [-0.15, -0.1) is 0 Å². The SMILES string of the molecule is CC(=O)OC1CC[C@H]2[C@@H]3CC(=O)C4C[C@@H](OC(=O)C(C)(C)C)CC[C@]4(C)[C@H]3CC[C@]12C. The van der Waals surface area contributed by atoms with E-state index in [0.29, 0.717) is 36.4 Å². The van der Waals surface area contributed by atoms with Gasteiger partial charge in [0.1, 0.15) is 18.0 Å². The number of esters is 2. The van der Waals surface area contributed by atoms with Crippen LogP contribution in [-0.2, 0) is 23.9 Å². The van der Waals surface area contributed by atoms with Crippen molar-refractivity contribution in [3.63, 3.8) is 0 Å². The summed E-state index contributed by atoms with van der Waals surface area (Å²) in [5, 5.41) is 0. The van der Waals surface area contributed by atoms with Crippen molar-refractivity contribution in [1.82, 2.24) is 0 Å². The molecule has 4 saturated carbocycles. The number of carbonyl (C=O) groups excluding carboxylic acids is 3. The van der Waals surface area contributed by atoms with Gasteiger partial charge in [-0.05, 0) is 88.9 Å². The standard InChI is InChI=1S/C26H40O5/c1-15(27)30-22-8-7-18-17-14-21(28)20-13-16(31-23(29)24(2,3)4)9-11-25(20,5)19(17)10-12-26(18,22)6/h16-20,22H,7-14H2,1-6H3/t16-,17-,18-,19-,20?,22?,25+,26-/m0/s1. The summed E-state index contributed by atoms with van der Waals surface area (Å²) >= 11 is 0. The summed E-state index contributed by atoms with van der Waals surface area (Å²) in [4.78, 5) is 37.5. The Morgan fingerprint density at radius 1 is 0.935 bits per heavy atom. The Morgan fingerprint density at radius 3 is 2.23 bits per heavy atom. The Labute approximate surface area is 187 Å². The molecule has 4 aliphatic carbocycles. The predicted molar refractivity (Wildman–Crippen MR) is 117 cm³/mol. The van der Waals surface area contributed by atoms with Crippen LogP contribution >= 0.6 is 0 Å². The number of fused-ring (bicyclic) bond motifs is 5. The van der Waals surface area contributed by atoms with E-state index >= 15 is 0 Å². The highest BCUT2D eigenvalue weighted by Gasteiger charge is 2.63. The third kappa shape index (κ3) is 3.74. The topological polar surface area (TPSA) is 69.7 Å². The number of hydrogen-bond acceptors (Lipinski definition) is 5. The monoisotopic (exact) mass is 432 g/mol. The van der Waals surface area contributed by atoms with Crippen LogP contribution in [0.1, 0.15) is 92.9 Å². The summed E-state index contributed by atoms with van der Waals surface area (Å²) in [6.07, 6.45) is 7.10. The van der Waals surface area contributed by atoms with Gasteiger partial charge in [0.15, 0.2) is 0 Å². The van der Waals surface area contributed by atoms with Crippen molar-refractivity contribution in [3.05, 3.63) is 0 Å². The average molecular weight is 433 g/mol. The van der Waals surface area contributed by atoms with Crippen LogP contribution in [0.4, 0.5) is 0 Å². The molecular formula is C26H40O5. The van der Waals surface area contributed by atoms with E-state index in [-0.39, 0.29) is 40.9 Å². The summed E-state index contributed by atoms with van der Waals surface area (Å²) in [6, 6.07) is 0. The molecule has 0 aromatic carbocycles. The van der Waals surface area contributed by atoms with Crippen LogP contribution in [0.15, 0.2) is 0 Å². The van der Waals surface area contributed by atoms with Crippen molar-refractivity contribution in [2.45, 2.75) is 105 Å². The van der Waals surface area contributed by atoms with E-state index in [1.165, 1.54) is 6.92 Å². The van der Waals surface area contributed by atoms with Crippen LogP contribution < -0.4 is 0 Å². The fourth-order valence-corrected chi connectivity index (χ4v) is 7.79. The Bertz CT molecular complexity index is 766. The summed E-state index contributed by atoms with van der Waals surface area (Å²) in [5.41, 5.74) is -0.529. The molecule has 4 fully saturated rings. The van der Waals surface area contributed by atoms with Gasteiger partial charge in [0.05, 0.1) is 5.41 Å². The van der Waals surface area contributed by atoms with Crippen LogP contribution in [-0.4, -0.2) is 29.9 Å². The molecule has 8 atom stereocenters. The molecule has 0 spiro atoms. The molecule has 0 bridgehead atoms. The van der Waals surface area contributed by atoms with Crippen molar-refractivity contribution in [2.24, 2.45) is 39.9 Å². The van der Waals surface area contributed by atoms with E-state index in [1.54, 1.807) is 0 Å². The quantitative estimate of drug-likeness (QED) is 0.568. The van der Waals surface area contributed by atoms with E-state index in [0.717, 1.165) is 38.5 Å². The molecule has 0 radical (unpaired) electrons. The van der Waals surface area contributed by atoms with Gasteiger partial charge in [-0.1, -0.05) is 13.8 Å². The van der Waals surface area contributed by atoms with E-state index in [9.17, 15) is 14.4 Å². The van der Waals surface area contributed by atoms with Gasteiger partial charge in [0, 0.05) is 24.7 Å². The first-order valence-corrected chi connectivity index (χ1v) is 12.3. The minimum absolute atomic E-state index is 0.00421. The van der Waals surface area contributed by atoms with Crippen molar-refractivity contribution in [2.75, 3.05) is 0 Å². The zero-order valence-electron chi connectivity index (χ0n) is 20.2. The normalized spacial score (nSPS) is 44.6. The Kier molecular flexibility index (Phi) is 5.58. The summed E-state index contributed by atoms with van der Waals surface area (Å²) in [6.45, 7) is 11.8. The van der Waals surface area contributed by atoms with Crippen molar-refractivity contribution < 1.29 is 23.9 Å². The summed E-state index contributed by atoms with van der Waals surface area (Å²) < 4.78 is 11.6. The molecular weight excluding hydrogens is 392 g/mol. The average Bonchev–Trinajstić information content (AvgIpc) is 2.98. The first kappa shape index (κ1) is 22.8. The van der Waals surface area contributed by atoms with E-state index < -0.39 is 5.41 Å². The second-order valence-corrected chi connectivity index (χ2v) is 12.4. The first-order valence-electron chi connectivity index (χ1n) is 12.3. The number of hydrogen-bond donors (Lipinski definition) is 0. The molecule has 2 unspecified atom stereocenters. The second-order valence-electron chi connectivity index (χ2n) is 12.4. The molecule has 0 saturated heterocycles. The number of rotatable bonds is 2. The van der Waals surface area contributed by atoms with Gasteiger partial charge in [-0.25, -0.2) is 0 Å². The van der Waals surface area contributed by atoms with Crippen LogP contribution in [0.25, 0.3) is 0 Å². The minimum Gasteiger partial charge on any atom is -0.462 e. The van der Waals surface area contributed by atoms with E-state index in [2.05, 4.69) is 13.8 Å². The zero-order valence-corrected chi connectivity index (χ0v) is 20.2. The molecule has 31 heavy (non-hydrogen) atoms. The molecule has 4 aliphatic rings. The van der Waals surface area contributed by atoms with Crippen molar-refractivity contribution >= 4 is 17.7 Å². The fraction of sp³-hybridized carbons (Fsp3) is 0.885. The third-order valence-electron chi connectivity index (χ3n) is 9.52. The van der Waals surface area contributed by atoms with Gasteiger partial charge < -0.3 is 9.47 Å². The van der Waals surface area contributed by atoms with Gasteiger partial charge in [0.25, 0.3) is 0 Å². The smallest absolute Gasteiger partial charge is 0.311 e. The highest BCUT2D eigenvalue weighted by atomic mass is 16.5. The Hall–Kier alpha value is -1.39. The highest BCUT2D eigenvalue weighted by Crippen LogP contribution is 2.66. The van der Waals surface area contributed by atoms with Crippen LogP contribution in [0, 0.1) is 39.9 Å². The van der Waals surface area contributed by atoms with E-state index in [4.69, 9.17) is 9.47 Å². The van der Waals surface area contributed by atoms with Crippen molar-refractivity contribution in [3.8, 4) is 0 Å². The molecule has 0 aromatic heterocycles. The molecule has 5 nitrogen and oxygen atoms in total. The molecule has 0 amide bonds. The summed E-state index contributed by atoms with van der Waals surface area (Å²) in [5.74, 6) is 1.37. The molecule has 0 aliphatic heterocycles. The van der Waals surface area contributed by atoms with Gasteiger partial charge in [-0.3, -0.25) is 14.4 Å². The van der Waals surface area contributed by atoms with Crippen molar-refractivity contribution in [1.29, 1.82) is 0 Å². The number of Topliss-reactive ketones (excluding diaryl/α,β-unsaturated/α-hetero) is 1. The van der Waals surface area contributed by atoms with Crippen LogP contribution in [0.3, 0.4) is 0 Å². The highest BCUT2D eigenvalue weighted by molar-refractivity contribution is 5.83. The maximum atomic E-state index is 13.4. The molecule has 0 N–H and O–H groups in total. The molecule has 5 heteroatoms. The third-order valence-corrected chi connectivity index (χ3v) is 9.52. The first-order chi connectivity index (χ1) is 14.4.